The molecule has 2 aromatic carbocycles. The van der Waals surface area contributed by atoms with E-state index in [9.17, 15) is 14.4 Å². The number of carbonyl (C=O) groups is 3. The summed E-state index contributed by atoms with van der Waals surface area (Å²) in [5.74, 6) is -0.273. The first-order chi connectivity index (χ1) is 16.5. The summed E-state index contributed by atoms with van der Waals surface area (Å²) in [6, 6.07) is 19.4. The first-order valence-electron chi connectivity index (χ1n) is 11.6. The molecular weight excluding hydrogens is 430 g/mol. The third-order valence-corrected chi connectivity index (χ3v) is 6.52. The average molecular weight is 462 g/mol. The van der Waals surface area contributed by atoms with Gasteiger partial charge in [-0.15, -0.1) is 6.58 Å². The number of likely N-dealkylation sites (tertiary alicyclic amines) is 1. The minimum Gasteiger partial charge on any atom is -0.351 e. The predicted octanol–water partition coefficient (Wildman–Crippen LogP) is 2.34. The van der Waals surface area contributed by atoms with E-state index < -0.39 is 5.54 Å². The van der Waals surface area contributed by atoms with Crippen molar-refractivity contribution in [3.63, 3.8) is 0 Å². The molecule has 34 heavy (non-hydrogen) atoms. The van der Waals surface area contributed by atoms with E-state index in [1.165, 1.54) is 0 Å². The van der Waals surface area contributed by atoms with Gasteiger partial charge in [-0.25, -0.2) is 4.79 Å². The smallest absolute Gasteiger partial charge is 0.317 e. The Labute approximate surface area is 200 Å². The van der Waals surface area contributed by atoms with E-state index in [1.54, 1.807) is 15.9 Å². The molecule has 2 aromatic rings. The van der Waals surface area contributed by atoms with Crippen LogP contribution in [0.4, 0.5) is 10.5 Å². The molecule has 0 saturated carbocycles. The number of nitrogens with one attached hydrogen (secondary N) is 2. The number of benzene rings is 2. The Morgan fingerprint density at radius 3 is 2.26 bits per heavy atom. The van der Waals surface area contributed by atoms with Crippen molar-refractivity contribution in [1.82, 2.24) is 20.4 Å². The molecule has 1 spiro atoms. The number of rotatable bonds is 7. The Kier molecular flexibility index (Phi) is 7.15. The van der Waals surface area contributed by atoms with Gasteiger partial charge >= 0.3 is 6.03 Å². The van der Waals surface area contributed by atoms with Crippen LogP contribution in [0.5, 0.6) is 0 Å². The standard InChI is InChI=1S/C26H31N5O3/c1-2-15-27-23(32)19-30-20-31(22-11-7-4-8-12-22)26(24(30)33)13-16-29(17-14-26)25(34)28-18-21-9-5-3-6-10-21/h2-12H,1,13-20H2,(H,27,32)(H,28,34). The van der Waals surface area contributed by atoms with Crippen LogP contribution in [-0.2, 0) is 16.1 Å². The summed E-state index contributed by atoms with van der Waals surface area (Å²) in [5.41, 5.74) is 1.21. The van der Waals surface area contributed by atoms with E-state index in [-0.39, 0.29) is 24.4 Å². The van der Waals surface area contributed by atoms with Gasteiger partial charge in [0.2, 0.25) is 5.91 Å². The monoisotopic (exact) mass is 461 g/mol. The van der Waals surface area contributed by atoms with Crippen LogP contribution in [-0.4, -0.2) is 66.0 Å². The second kappa shape index (κ2) is 10.4. The summed E-state index contributed by atoms with van der Waals surface area (Å²) in [4.78, 5) is 44.2. The maximum absolute atomic E-state index is 13.6. The molecule has 4 rings (SSSR count). The number of hydrogen-bond acceptors (Lipinski definition) is 4. The highest BCUT2D eigenvalue weighted by Crippen LogP contribution is 2.39. The van der Waals surface area contributed by atoms with Gasteiger partial charge in [-0.05, 0) is 30.5 Å². The third kappa shape index (κ3) is 4.90. The highest BCUT2D eigenvalue weighted by molar-refractivity contribution is 5.96. The molecule has 0 unspecified atom stereocenters. The highest BCUT2D eigenvalue weighted by atomic mass is 16.2. The Balaban J connectivity index is 1.45. The maximum Gasteiger partial charge on any atom is 0.317 e. The van der Waals surface area contributed by atoms with Crippen molar-refractivity contribution in [3.05, 3.63) is 78.9 Å². The van der Waals surface area contributed by atoms with Crippen LogP contribution in [0.1, 0.15) is 18.4 Å². The number of nitrogens with zero attached hydrogens (tertiary/aromatic N) is 3. The van der Waals surface area contributed by atoms with Crippen LogP contribution in [0.25, 0.3) is 0 Å². The Morgan fingerprint density at radius 1 is 0.971 bits per heavy atom. The zero-order valence-electron chi connectivity index (χ0n) is 19.3. The van der Waals surface area contributed by atoms with Crippen molar-refractivity contribution in [2.75, 3.05) is 37.7 Å². The molecule has 2 heterocycles. The Hall–Kier alpha value is -3.81. The van der Waals surface area contributed by atoms with Crippen molar-refractivity contribution >= 4 is 23.5 Å². The second-order valence-electron chi connectivity index (χ2n) is 8.66. The van der Waals surface area contributed by atoms with Gasteiger partial charge in [0.05, 0.1) is 6.67 Å². The number of anilines is 1. The SMILES string of the molecule is C=CCNC(=O)CN1CN(c2ccccc2)C2(CCN(C(=O)NCc3ccccc3)CC2)C1=O. The normalized spacial score (nSPS) is 17.1. The maximum atomic E-state index is 13.6. The van der Waals surface area contributed by atoms with Crippen LogP contribution >= 0.6 is 0 Å². The fourth-order valence-electron chi connectivity index (χ4n) is 4.70. The molecular formula is C26H31N5O3. The van der Waals surface area contributed by atoms with Gasteiger partial charge in [-0.2, -0.15) is 0 Å². The Morgan fingerprint density at radius 2 is 1.62 bits per heavy atom. The van der Waals surface area contributed by atoms with Crippen LogP contribution < -0.4 is 15.5 Å². The molecule has 2 saturated heterocycles. The van der Waals surface area contributed by atoms with Gasteiger partial charge in [-0.3, -0.25) is 9.59 Å². The van der Waals surface area contributed by atoms with Gasteiger partial charge in [0.1, 0.15) is 12.1 Å². The molecule has 8 nitrogen and oxygen atoms in total. The first-order valence-corrected chi connectivity index (χ1v) is 11.6. The highest BCUT2D eigenvalue weighted by Gasteiger charge is 2.54. The largest absolute Gasteiger partial charge is 0.351 e. The van der Waals surface area contributed by atoms with Gasteiger partial charge in [0.25, 0.3) is 5.91 Å². The van der Waals surface area contributed by atoms with E-state index in [1.807, 2.05) is 60.7 Å². The van der Waals surface area contributed by atoms with Crippen molar-refractivity contribution in [3.8, 4) is 0 Å². The van der Waals surface area contributed by atoms with Gasteiger partial charge in [-0.1, -0.05) is 54.6 Å². The lowest BCUT2D eigenvalue weighted by molar-refractivity contribution is -0.137. The number of piperidine rings is 1. The lowest BCUT2D eigenvalue weighted by Crippen LogP contribution is -2.58. The summed E-state index contributed by atoms with van der Waals surface area (Å²) >= 11 is 0. The zero-order valence-corrected chi connectivity index (χ0v) is 19.3. The number of amides is 4. The zero-order chi connectivity index (χ0) is 24.0. The summed E-state index contributed by atoms with van der Waals surface area (Å²) in [6.45, 7) is 5.70. The molecule has 178 valence electrons. The van der Waals surface area contributed by atoms with E-state index in [4.69, 9.17) is 0 Å². The van der Waals surface area contributed by atoms with E-state index in [2.05, 4.69) is 22.1 Å². The van der Waals surface area contributed by atoms with Gasteiger partial charge < -0.3 is 25.3 Å². The topological polar surface area (TPSA) is 85.0 Å². The fraction of sp³-hybridized carbons (Fsp3) is 0.346. The van der Waals surface area contributed by atoms with E-state index >= 15 is 0 Å². The van der Waals surface area contributed by atoms with Crippen molar-refractivity contribution in [2.45, 2.75) is 24.9 Å². The molecule has 2 N–H and O–H groups in total. The van der Waals surface area contributed by atoms with Crippen LogP contribution in [0, 0.1) is 0 Å². The van der Waals surface area contributed by atoms with Crippen LogP contribution in [0.3, 0.4) is 0 Å². The molecule has 0 aliphatic carbocycles. The molecule has 0 atom stereocenters. The molecule has 2 aliphatic heterocycles. The molecule has 0 radical (unpaired) electrons. The lowest BCUT2D eigenvalue weighted by atomic mass is 9.85. The molecule has 8 heteroatoms. The first kappa shape index (κ1) is 23.4. The van der Waals surface area contributed by atoms with Crippen molar-refractivity contribution in [1.29, 1.82) is 0 Å². The lowest BCUT2D eigenvalue weighted by Gasteiger charge is -2.43. The Bertz CT molecular complexity index is 1020. The average Bonchev–Trinajstić information content (AvgIpc) is 3.13. The molecule has 2 aliphatic rings. The number of urea groups is 1. The molecule has 4 amide bonds. The quantitative estimate of drug-likeness (QED) is 0.620. The van der Waals surface area contributed by atoms with E-state index in [0.29, 0.717) is 45.7 Å². The van der Waals surface area contributed by atoms with Crippen LogP contribution in [0.2, 0.25) is 0 Å². The minimum absolute atomic E-state index is 0.000959. The second-order valence-corrected chi connectivity index (χ2v) is 8.66. The predicted molar refractivity (Wildman–Crippen MR) is 131 cm³/mol. The molecule has 0 aromatic heterocycles. The molecule has 0 bridgehead atoms. The minimum atomic E-state index is -0.768. The van der Waals surface area contributed by atoms with Gasteiger partial charge in [0.15, 0.2) is 0 Å². The number of para-hydroxylation sites is 1. The summed E-state index contributed by atoms with van der Waals surface area (Å²) < 4.78 is 0. The summed E-state index contributed by atoms with van der Waals surface area (Å²) in [7, 11) is 0. The summed E-state index contributed by atoms with van der Waals surface area (Å²) in [6.07, 6.45) is 2.62. The number of hydrogen-bond donors (Lipinski definition) is 2. The van der Waals surface area contributed by atoms with Gasteiger partial charge in [0, 0.05) is 31.9 Å². The fourth-order valence-corrected chi connectivity index (χ4v) is 4.70. The third-order valence-electron chi connectivity index (χ3n) is 6.52. The van der Waals surface area contributed by atoms with Crippen molar-refractivity contribution < 1.29 is 14.4 Å². The summed E-state index contributed by atoms with van der Waals surface area (Å²) in [5, 5.41) is 5.72. The number of carbonyl (C=O) groups excluding carboxylic acids is 3. The molecule has 2 fully saturated rings. The van der Waals surface area contributed by atoms with E-state index in [0.717, 1.165) is 11.3 Å². The van der Waals surface area contributed by atoms with Crippen molar-refractivity contribution in [2.24, 2.45) is 0 Å². The van der Waals surface area contributed by atoms with Crippen LogP contribution in [0.15, 0.2) is 73.3 Å².